The molecule has 1 aliphatic carbocycles. The van der Waals surface area contributed by atoms with Crippen LogP contribution in [0.2, 0.25) is 0 Å². The van der Waals surface area contributed by atoms with Crippen LogP contribution in [-0.4, -0.2) is 47.2 Å². The summed E-state index contributed by atoms with van der Waals surface area (Å²) in [4.78, 5) is 15.1. The van der Waals surface area contributed by atoms with Gasteiger partial charge in [0, 0.05) is 25.1 Å². The lowest BCUT2D eigenvalue weighted by molar-refractivity contribution is -0.131. The van der Waals surface area contributed by atoms with Gasteiger partial charge in [0.15, 0.2) is 0 Å². The van der Waals surface area contributed by atoms with E-state index in [1.807, 2.05) is 27.9 Å². The zero-order chi connectivity index (χ0) is 18.0. The van der Waals surface area contributed by atoms with Gasteiger partial charge >= 0.3 is 0 Å². The van der Waals surface area contributed by atoms with E-state index in [9.17, 15) is 4.79 Å². The number of carbonyl (C=O) groups excluding carboxylic acids is 1. The molecule has 5 heteroatoms. The summed E-state index contributed by atoms with van der Waals surface area (Å²) in [6.45, 7) is 4.76. The Kier molecular flexibility index (Phi) is 4.95. The molecule has 1 aromatic heterocycles. The summed E-state index contributed by atoms with van der Waals surface area (Å²) < 4.78 is 0. The maximum Gasteiger partial charge on any atom is 0.241 e. The molecule has 0 fully saturated rings. The second kappa shape index (κ2) is 7.00. The molecule has 2 aromatic rings. The Balaban J connectivity index is 1.60. The van der Waals surface area contributed by atoms with Gasteiger partial charge in [-0.3, -0.25) is 14.8 Å². The van der Waals surface area contributed by atoms with E-state index in [4.69, 9.17) is 0 Å². The van der Waals surface area contributed by atoms with Crippen LogP contribution in [0.15, 0.2) is 24.3 Å². The van der Waals surface area contributed by atoms with Crippen molar-refractivity contribution in [2.45, 2.75) is 45.1 Å². The highest BCUT2D eigenvalue weighted by molar-refractivity contribution is 5.88. The third-order valence-corrected chi connectivity index (χ3v) is 5.53. The molecule has 1 aromatic carbocycles. The Morgan fingerprint density at radius 3 is 2.40 bits per heavy atom. The molecule has 0 radical (unpaired) electrons. The molecule has 2 N–H and O–H groups in total. The van der Waals surface area contributed by atoms with E-state index in [1.54, 1.807) is 0 Å². The number of aryl methyl sites for hydroxylation is 2. The van der Waals surface area contributed by atoms with E-state index in [0.717, 1.165) is 37.1 Å². The van der Waals surface area contributed by atoms with Crippen molar-refractivity contribution in [1.82, 2.24) is 20.4 Å². The van der Waals surface area contributed by atoms with Crippen LogP contribution in [0.4, 0.5) is 0 Å². The smallest absolute Gasteiger partial charge is 0.241 e. The van der Waals surface area contributed by atoms with Crippen molar-refractivity contribution in [2.75, 3.05) is 20.6 Å². The molecule has 0 atom stereocenters. The first-order valence-electron chi connectivity index (χ1n) is 8.97. The van der Waals surface area contributed by atoms with Crippen molar-refractivity contribution in [3.63, 3.8) is 0 Å². The van der Waals surface area contributed by atoms with Crippen LogP contribution >= 0.6 is 0 Å². The van der Waals surface area contributed by atoms with Crippen molar-refractivity contribution in [3.05, 3.63) is 52.3 Å². The molecule has 1 amide bonds. The highest BCUT2D eigenvalue weighted by Gasteiger charge is 2.45. The summed E-state index contributed by atoms with van der Waals surface area (Å²) >= 11 is 0. The molecule has 1 aliphatic rings. The molecule has 0 saturated carbocycles. The second-order valence-corrected chi connectivity index (χ2v) is 7.32. The maximum absolute atomic E-state index is 13.0. The highest BCUT2D eigenvalue weighted by Crippen LogP contribution is 2.33. The Morgan fingerprint density at radius 1 is 1.24 bits per heavy atom. The molecular weight excluding hydrogens is 312 g/mol. The summed E-state index contributed by atoms with van der Waals surface area (Å²) in [5.74, 6) is 0.134. The number of H-pyrrole nitrogens is 1. The molecular formula is C20H28N4O. The molecule has 134 valence electrons. The van der Waals surface area contributed by atoms with Crippen LogP contribution in [0.1, 0.15) is 34.5 Å². The summed E-state index contributed by atoms with van der Waals surface area (Å²) in [7, 11) is 4.01. The number of amides is 1. The van der Waals surface area contributed by atoms with E-state index >= 15 is 0 Å². The first kappa shape index (κ1) is 17.7. The van der Waals surface area contributed by atoms with E-state index in [2.05, 4.69) is 44.7 Å². The molecule has 5 nitrogen and oxygen atoms in total. The van der Waals surface area contributed by atoms with Gasteiger partial charge in [-0.2, -0.15) is 5.10 Å². The first-order valence-corrected chi connectivity index (χ1v) is 8.97. The Labute approximate surface area is 149 Å². The van der Waals surface area contributed by atoms with Crippen molar-refractivity contribution in [3.8, 4) is 0 Å². The second-order valence-electron chi connectivity index (χ2n) is 7.32. The number of hydrogen-bond donors (Lipinski definition) is 2. The summed E-state index contributed by atoms with van der Waals surface area (Å²) in [6.07, 6.45) is 3.41. The minimum absolute atomic E-state index is 0.134. The fourth-order valence-electron chi connectivity index (χ4n) is 3.85. The van der Waals surface area contributed by atoms with Crippen molar-refractivity contribution < 1.29 is 4.79 Å². The van der Waals surface area contributed by atoms with E-state index in [-0.39, 0.29) is 5.91 Å². The molecule has 3 rings (SSSR count). The third-order valence-electron chi connectivity index (χ3n) is 5.53. The maximum atomic E-state index is 13.0. The van der Waals surface area contributed by atoms with Gasteiger partial charge in [-0.1, -0.05) is 24.3 Å². The Morgan fingerprint density at radius 2 is 1.88 bits per heavy atom. The van der Waals surface area contributed by atoms with Crippen LogP contribution in [0.25, 0.3) is 0 Å². The molecule has 0 bridgehead atoms. The van der Waals surface area contributed by atoms with E-state index < -0.39 is 5.54 Å². The largest absolute Gasteiger partial charge is 0.354 e. The molecule has 0 spiro atoms. The standard InChI is InChI=1S/C20H28N4O/c1-14-18(15(2)23-22-14)10-7-11-21-19(25)20(24(3)4)12-16-8-5-6-9-17(16)13-20/h5-6,8-9H,7,10-13H2,1-4H3,(H,21,25)(H,22,23). The number of aromatic nitrogens is 2. The Bertz CT molecular complexity index is 718. The number of rotatable bonds is 6. The van der Waals surface area contributed by atoms with Crippen molar-refractivity contribution >= 4 is 5.91 Å². The summed E-state index contributed by atoms with van der Waals surface area (Å²) in [6, 6.07) is 8.38. The minimum Gasteiger partial charge on any atom is -0.354 e. The number of hydrogen-bond acceptors (Lipinski definition) is 3. The van der Waals surface area contributed by atoms with Crippen LogP contribution in [-0.2, 0) is 24.1 Å². The highest BCUT2D eigenvalue weighted by atomic mass is 16.2. The SMILES string of the molecule is Cc1n[nH]c(C)c1CCCNC(=O)C1(N(C)C)Cc2ccccc2C1. The lowest BCUT2D eigenvalue weighted by Gasteiger charge is -2.34. The minimum atomic E-state index is -0.467. The first-order chi connectivity index (χ1) is 11.9. The van der Waals surface area contributed by atoms with Gasteiger partial charge in [-0.05, 0) is 57.5 Å². The number of fused-ring (bicyclic) bond motifs is 1. The molecule has 25 heavy (non-hydrogen) atoms. The number of nitrogens with zero attached hydrogens (tertiary/aromatic N) is 2. The van der Waals surface area contributed by atoms with Gasteiger partial charge in [-0.25, -0.2) is 0 Å². The number of carbonyl (C=O) groups is 1. The van der Waals surface area contributed by atoms with Gasteiger partial charge in [0.25, 0.3) is 0 Å². The predicted molar refractivity (Wildman–Crippen MR) is 99.7 cm³/mol. The Hall–Kier alpha value is -2.14. The lowest BCUT2D eigenvalue weighted by Crippen LogP contribution is -2.57. The van der Waals surface area contributed by atoms with Crippen molar-refractivity contribution in [1.29, 1.82) is 0 Å². The quantitative estimate of drug-likeness (QED) is 0.793. The number of likely N-dealkylation sites (N-methyl/N-ethyl adjacent to an activating group) is 1. The normalized spacial score (nSPS) is 15.4. The van der Waals surface area contributed by atoms with Crippen LogP contribution in [0.3, 0.4) is 0 Å². The van der Waals surface area contributed by atoms with Crippen LogP contribution in [0.5, 0.6) is 0 Å². The van der Waals surface area contributed by atoms with E-state index in [1.165, 1.54) is 16.7 Å². The molecule has 0 aliphatic heterocycles. The van der Waals surface area contributed by atoms with Gasteiger partial charge in [0.05, 0.1) is 5.69 Å². The topological polar surface area (TPSA) is 61.0 Å². The molecule has 0 saturated heterocycles. The zero-order valence-corrected chi connectivity index (χ0v) is 15.6. The molecule has 0 unspecified atom stereocenters. The average molecular weight is 340 g/mol. The monoisotopic (exact) mass is 340 g/mol. The number of aromatic amines is 1. The number of benzene rings is 1. The van der Waals surface area contributed by atoms with Crippen LogP contribution in [0, 0.1) is 13.8 Å². The van der Waals surface area contributed by atoms with Gasteiger partial charge < -0.3 is 5.32 Å². The number of nitrogens with one attached hydrogen (secondary N) is 2. The van der Waals surface area contributed by atoms with Crippen LogP contribution < -0.4 is 5.32 Å². The summed E-state index contributed by atoms with van der Waals surface area (Å²) in [5, 5.41) is 10.4. The zero-order valence-electron chi connectivity index (χ0n) is 15.6. The lowest BCUT2D eigenvalue weighted by atomic mass is 9.92. The van der Waals surface area contributed by atoms with Gasteiger partial charge in [-0.15, -0.1) is 0 Å². The summed E-state index contributed by atoms with van der Waals surface area (Å²) in [5.41, 5.74) is 5.56. The third kappa shape index (κ3) is 3.33. The predicted octanol–water partition coefficient (Wildman–Crippen LogP) is 2.17. The fourth-order valence-corrected chi connectivity index (χ4v) is 3.85. The molecule has 1 heterocycles. The van der Waals surface area contributed by atoms with E-state index in [0.29, 0.717) is 6.54 Å². The van der Waals surface area contributed by atoms with Gasteiger partial charge in [0.1, 0.15) is 5.54 Å². The fraction of sp³-hybridized carbons (Fsp3) is 0.500. The average Bonchev–Trinajstić information content (AvgIpc) is 3.13. The van der Waals surface area contributed by atoms with Crippen molar-refractivity contribution in [2.24, 2.45) is 0 Å². The van der Waals surface area contributed by atoms with Gasteiger partial charge in [0.2, 0.25) is 5.91 Å².